The van der Waals surface area contributed by atoms with Crippen LogP contribution < -0.4 is 5.56 Å². The third-order valence-electron chi connectivity index (χ3n) is 4.16. The van der Waals surface area contributed by atoms with E-state index in [2.05, 4.69) is 15.1 Å². The van der Waals surface area contributed by atoms with Crippen molar-refractivity contribution < 1.29 is 9.26 Å². The van der Waals surface area contributed by atoms with Gasteiger partial charge in [0.1, 0.15) is 10.9 Å². The summed E-state index contributed by atoms with van der Waals surface area (Å²) in [5.41, 5.74) is 0.922. The second kappa shape index (κ2) is 5.54. The van der Waals surface area contributed by atoms with Crippen LogP contribution in [0.25, 0.3) is 10.2 Å². The van der Waals surface area contributed by atoms with Crippen LogP contribution in [0.1, 0.15) is 41.1 Å². The molecule has 0 bridgehead atoms. The van der Waals surface area contributed by atoms with Gasteiger partial charge in [-0.2, -0.15) is 4.98 Å². The van der Waals surface area contributed by atoms with E-state index in [1.54, 1.807) is 6.33 Å². The van der Waals surface area contributed by atoms with E-state index in [1.165, 1.54) is 15.9 Å². The molecule has 1 aliphatic rings. The van der Waals surface area contributed by atoms with Gasteiger partial charge in [-0.3, -0.25) is 9.36 Å². The monoisotopic (exact) mass is 332 g/mol. The molecule has 0 aromatic carbocycles. The van der Waals surface area contributed by atoms with Crippen LogP contribution in [0.5, 0.6) is 0 Å². The number of hydrogen-bond acceptors (Lipinski definition) is 7. The molecule has 8 heteroatoms. The number of rotatable bonds is 3. The fourth-order valence-electron chi connectivity index (χ4n) is 2.77. The topological polar surface area (TPSA) is 83.0 Å². The molecule has 0 saturated carbocycles. The van der Waals surface area contributed by atoms with Gasteiger partial charge in [0.05, 0.1) is 18.3 Å². The van der Waals surface area contributed by atoms with Gasteiger partial charge in [-0.1, -0.05) is 5.16 Å². The van der Waals surface area contributed by atoms with Gasteiger partial charge in [0.15, 0.2) is 5.82 Å². The lowest BCUT2D eigenvalue weighted by molar-refractivity contribution is 0.0835. The van der Waals surface area contributed by atoms with Crippen LogP contribution in [0.15, 0.2) is 15.6 Å². The van der Waals surface area contributed by atoms with E-state index in [0.29, 0.717) is 17.1 Å². The van der Waals surface area contributed by atoms with Gasteiger partial charge in [-0.25, -0.2) is 4.98 Å². The lowest BCUT2D eigenvalue weighted by Gasteiger charge is -2.02. The Balaban J connectivity index is 1.66. The van der Waals surface area contributed by atoms with E-state index in [-0.39, 0.29) is 18.2 Å². The molecule has 1 aliphatic heterocycles. The van der Waals surface area contributed by atoms with Crippen LogP contribution >= 0.6 is 11.3 Å². The Morgan fingerprint density at radius 3 is 3.09 bits per heavy atom. The summed E-state index contributed by atoms with van der Waals surface area (Å²) >= 11 is 1.54. The van der Waals surface area contributed by atoms with Crippen molar-refractivity contribution in [3.8, 4) is 0 Å². The summed E-state index contributed by atoms with van der Waals surface area (Å²) in [7, 11) is 0. The zero-order valence-electron chi connectivity index (χ0n) is 12.9. The summed E-state index contributed by atoms with van der Waals surface area (Å²) in [6, 6.07) is 0. The van der Waals surface area contributed by atoms with Gasteiger partial charge in [-0.05, 0) is 32.3 Å². The molecule has 1 saturated heterocycles. The molecule has 0 radical (unpaired) electrons. The van der Waals surface area contributed by atoms with E-state index in [0.717, 1.165) is 34.7 Å². The molecular weight excluding hydrogens is 316 g/mol. The van der Waals surface area contributed by atoms with Crippen molar-refractivity contribution in [3.63, 3.8) is 0 Å². The van der Waals surface area contributed by atoms with Crippen molar-refractivity contribution in [2.75, 3.05) is 6.61 Å². The molecule has 4 rings (SSSR count). The van der Waals surface area contributed by atoms with Crippen molar-refractivity contribution in [3.05, 3.63) is 38.8 Å². The number of ether oxygens (including phenoxy) is 1. The highest BCUT2D eigenvalue weighted by atomic mass is 32.1. The Labute approximate surface area is 135 Å². The largest absolute Gasteiger partial charge is 0.368 e. The van der Waals surface area contributed by atoms with Gasteiger partial charge >= 0.3 is 0 Å². The van der Waals surface area contributed by atoms with Crippen LogP contribution in [0.2, 0.25) is 0 Å². The molecule has 0 N–H and O–H groups in total. The molecule has 1 unspecified atom stereocenters. The normalized spacial score (nSPS) is 18.1. The van der Waals surface area contributed by atoms with Gasteiger partial charge in [0.25, 0.3) is 11.4 Å². The van der Waals surface area contributed by atoms with Gasteiger partial charge in [0, 0.05) is 11.5 Å². The minimum atomic E-state index is -0.115. The molecule has 4 heterocycles. The molecule has 0 spiro atoms. The summed E-state index contributed by atoms with van der Waals surface area (Å²) < 4.78 is 12.3. The Kier molecular flexibility index (Phi) is 3.50. The fraction of sp³-hybridized carbons (Fsp3) is 0.467. The molecular formula is C15H16N4O3S. The Bertz CT molecular complexity index is 921. The van der Waals surface area contributed by atoms with Gasteiger partial charge in [-0.15, -0.1) is 11.3 Å². The maximum absolute atomic E-state index is 12.6. The molecule has 0 amide bonds. The molecule has 3 aromatic heterocycles. The predicted molar refractivity (Wildman–Crippen MR) is 84.7 cm³/mol. The standard InChI is InChI=1S/C15H16N4O3S/c1-8-9(2)23-14-12(8)15(20)19(7-16-14)6-11-17-13(22-18-11)10-4-3-5-21-10/h7,10H,3-6H2,1-2H3. The average molecular weight is 332 g/mol. The minimum absolute atomic E-state index is 0.0692. The highest BCUT2D eigenvalue weighted by molar-refractivity contribution is 7.18. The lowest BCUT2D eigenvalue weighted by atomic mass is 10.2. The van der Waals surface area contributed by atoms with E-state index < -0.39 is 0 Å². The molecule has 120 valence electrons. The van der Waals surface area contributed by atoms with Crippen LogP contribution in [0.3, 0.4) is 0 Å². The second-order valence-electron chi connectivity index (χ2n) is 5.69. The molecule has 1 atom stereocenters. The number of nitrogens with zero attached hydrogens (tertiary/aromatic N) is 4. The van der Waals surface area contributed by atoms with Gasteiger partial charge < -0.3 is 9.26 Å². The first-order chi connectivity index (χ1) is 11.1. The third kappa shape index (κ3) is 2.47. The first-order valence-corrected chi connectivity index (χ1v) is 8.34. The van der Waals surface area contributed by atoms with E-state index in [4.69, 9.17) is 9.26 Å². The minimum Gasteiger partial charge on any atom is -0.368 e. The average Bonchev–Trinajstić information content (AvgIpc) is 3.24. The quantitative estimate of drug-likeness (QED) is 0.732. The first-order valence-electron chi connectivity index (χ1n) is 7.52. The molecule has 0 aliphatic carbocycles. The van der Waals surface area contributed by atoms with Crippen molar-refractivity contribution >= 4 is 21.6 Å². The van der Waals surface area contributed by atoms with Crippen LogP contribution in [0, 0.1) is 13.8 Å². The third-order valence-corrected chi connectivity index (χ3v) is 5.27. The molecule has 3 aromatic rings. The summed E-state index contributed by atoms with van der Waals surface area (Å²) in [4.78, 5) is 23.3. The number of fused-ring (bicyclic) bond motifs is 1. The maximum atomic E-state index is 12.6. The molecule has 1 fully saturated rings. The van der Waals surface area contributed by atoms with Crippen molar-refractivity contribution in [1.82, 2.24) is 19.7 Å². The Hall–Kier alpha value is -2.06. The first kappa shape index (κ1) is 14.5. The number of hydrogen-bond donors (Lipinski definition) is 0. The van der Waals surface area contributed by atoms with E-state index in [1.807, 2.05) is 13.8 Å². The molecule has 23 heavy (non-hydrogen) atoms. The Morgan fingerprint density at radius 1 is 1.43 bits per heavy atom. The predicted octanol–water partition coefficient (Wildman–Crippen LogP) is 2.36. The van der Waals surface area contributed by atoms with Crippen LogP contribution in [-0.2, 0) is 11.3 Å². The zero-order chi connectivity index (χ0) is 16.0. The van der Waals surface area contributed by atoms with Crippen molar-refractivity contribution in [1.29, 1.82) is 0 Å². The lowest BCUT2D eigenvalue weighted by Crippen LogP contribution is -2.21. The van der Waals surface area contributed by atoms with E-state index in [9.17, 15) is 4.79 Å². The fourth-order valence-corrected chi connectivity index (χ4v) is 3.76. The highest BCUT2D eigenvalue weighted by Crippen LogP contribution is 2.27. The van der Waals surface area contributed by atoms with Crippen molar-refractivity contribution in [2.24, 2.45) is 0 Å². The zero-order valence-corrected chi connectivity index (χ0v) is 13.7. The maximum Gasteiger partial charge on any atom is 0.262 e. The smallest absolute Gasteiger partial charge is 0.262 e. The van der Waals surface area contributed by atoms with Gasteiger partial charge in [0.2, 0.25) is 0 Å². The summed E-state index contributed by atoms with van der Waals surface area (Å²) in [5, 5.41) is 4.63. The Morgan fingerprint density at radius 2 is 2.30 bits per heavy atom. The summed E-state index contributed by atoms with van der Waals surface area (Å²) in [6.07, 6.45) is 3.32. The highest BCUT2D eigenvalue weighted by Gasteiger charge is 2.24. The molecule has 7 nitrogen and oxygen atoms in total. The van der Waals surface area contributed by atoms with Crippen LogP contribution in [-0.4, -0.2) is 26.3 Å². The van der Waals surface area contributed by atoms with E-state index >= 15 is 0 Å². The number of aryl methyl sites for hydroxylation is 2. The van der Waals surface area contributed by atoms with Crippen molar-refractivity contribution in [2.45, 2.75) is 39.3 Å². The number of aromatic nitrogens is 4. The summed E-state index contributed by atoms with van der Waals surface area (Å²) in [6.45, 7) is 4.91. The summed E-state index contributed by atoms with van der Waals surface area (Å²) in [5.74, 6) is 0.950. The SMILES string of the molecule is Cc1sc2ncn(Cc3noc(C4CCCO4)n3)c(=O)c2c1C. The van der Waals surface area contributed by atoms with Crippen LogP contribution in [0.4, 0.5) is 0 Å². The number of thiophene rings is 1. The second-order valence-corrected chi connectivity index (χ2v) is 6.89.